The fraction of sp³-hybridized carbons (Fsp3) is 0.857. The minimum Gasteiger partial charge on any atom is -0.481 e. The summed E-state index contributed by atoms with van der Waals surface area (Å²) in [6, 6.07) is 0. The van der Waals surface area contributed by atoms with E-state index < -0.39 is 5.97 Å². The van der Waals surface area contributed by atoms with Crippen LogP contribution in [-0.4, -0.2) is 37.4 Å². The normalized spacial score (nSPS) is 31.7. The van der Waals surface area contributed by atoms with E-state index >= 15 is 0 Å². The maximum atomic E-state index is 10.6. The third-order valence-electron chi connectivity index (χ3n) is 2.05. The molecular weight excluding hydrogens is 146 g/mol. The quantitative estimate of drug-likeness (QED) is 0.580. The van der Waals surface area contributed by atoms with Crippen molar-refractivity contribution in [1.29, 1.82) is 0 Å². The van der Waals surface area contributed by atoms with Crippen LogP contribution in [0, 0.1) is 5.92 Å². The lowest BCUT2D eigenvalue weighted by atomic mass is 9.95. The monoisotopic (exact) mass is 159 g/mol. The van der Waals surface area contributed by atoms with Gasteiger partial charge in [0.05, 0.1) is 12.0 Å². The molecule has 2 atom stereocenters. The number of rotatable bonds is 2. The first kappa shape index (κ1) is 8.49. The van der Waals surface area contributed by atoms with Gasteiger partial charge >= 0.3 is 5.97 Å². The molecule has 0 aromatic rings. The van der Waals surface area contributed by atoms with Gasteiger partial charge in [0, 0.05) is 13.7 Å². The van der Waals surface area contributed by atoms with Crippen molar-refractivity contribution >= 4 is 5.97 Å². The number of hydrogen-bond acceptors (Lipinski definition) is 3. The van der Waals surface area contributed by atoms with Crippen LogP contribution in [0.15, 0.2) is 0 Å². The molecule has 0 aromatic carbocycles. The molecule has 0 bridgehead atoms. The summed E-state index contributed by atoms with van der Waals surface area (Å²) < 4.78 is 5.02. The zero-order chi connectivity index (χ0) is 8.27. The van der Waals surface area contributed by atoms with Crippen LogP contribution in [0.4, 0.5) is 0 Å². The van der Waals surface area contributed by atoms with Gasteiger partial charge in [-0.05, 0) is 13.0 Å². The number of aliphatic carboxylic acids is 1. The van der Waals surface area contributed by atoms with E-state index in [0.717, 1.165) is 6.54 Å². The topological polar surface area (TPSA) is 58.6 Å². The third kappa shape index (κ3) is 1.91. The Morgan fingerprint density at radius 1 is 1.73 bits per heavy atom. The molecule has 0 aromatic heterocycles. The van der Waals surface area contributed by atoms with Gasteiger partial charge in [-0.1, -0.05) is 0 Å². The van der Waals surface area contributed by atoms with E-state index in [2.05, 4.69) is 5.32 Å². The molecule has 1 fully saturated rings. The Balaban J connectivity index is 2.51. The van der Waals surface area contributed by atoms with Crippen LogP contribution in [-0.2, 0) is 9.53 Å². The Morgan fingerprint density at radius 2 is 2.45 bits per heavy atom. The van der Waals surface area contributed by atoms with E-state index in [1.54, 1.807) is 7.11 Å². The van der Waals surface area contributed by atoms with Crippen LogP contribution in [0.5, 0.6) is 0 Å². The summed E-state index contributed by atoms with van der Waals surface area (Å²) >= 11 is 0. The van der Waals surface area contributed by atoms with Gasteiger partial charge in [-0.25, -0.2) is 0 Å². The summed E-state index contributed by atoms with van der Waals surface area (Å²) in [7, 11) is 1.55. The van der Waals surface area contributed by atoms with E-state index in [9.17, 15) is 4.79 Å². The second kappa shape index (κ2) is 3.69. The van der Waals surface area contributed by atoms with Gasteiger partial charge in [-0.2, -0.15) is 0 Å². The van der Waals surface area contributed by atoms with Crippen molar-refractivity contribution in [3.63, 3.8) is 0 Å². The minimum absolute atomic E-state index is 0.166. The van der Waals surface area contributed by atoms with Crippen LogP contribution in [0.1, 0.15) is 6.42 Å². The number of methoxy groups -OCH3 is 1. The van der Waals surface area contributed by atoms with Gasteiger partial charge in [-0.3, -0.25) is 4.79 Å². The zero-order valence-electron chi connectivity index (χ0n) is 6.54. The first-order valence-corrected chi connectivity index (χ1v) is 3.72. The summed E-state index contributed by atoms with van der Waals surface area (Å²) in [5.41, 5.74) is 0. The molecule has 4 nitrogen and oxygen atoms in total. The van der Waals surface area contributed by atoms with E-state index in [0.29, 0.717) is 13.0 Å². The smallest absolute Gasteiger partial charge is 0.309 e. The number of hydrogen-bond donors (Lipinski definition) is 2. The lowest BCUT2D eigenvalue weighted by Gasteiger charge is -2.27. The van der Waals surface area contributed by atoms with Crippen LogP contribution in [0.3, 0.4) is 0 Å². The molecule has 0 amide bonds. The second-order valence-corrected chi connectivity index (χ2v) is 2.71. The van der Waals surface area contributed by atoms with Crippen molar-refractivity contribution < 1.29 is 14.6 Å². The lowest BCUT2D eigenvalue weighted by molar-refractivity contribution is -0.147. The molecular formula is C7H13NO3. The van der Waals surface area contributed by atoms with Crippen molar-refractivity contribution in [2.24, 2.45) is 5.92 Å². The van der Waals surface area contributed by atoms with Gasteiger partial charge < -0.3 is 15.2 Å². The van der Waals surface area contributed by atoms with Crippen molar-refractivity contribution in [2.45, 2.75) is 12.5 Å². The minimum atomic E-state index is -0.752. The van der Waals surface area contributed by atoms with Crippen LogP contribution >= 0.6 is 0 Å². The number of nitrogens with one attached hydrogen (secondary N) is 1. The first-order chi connectivity index (χ1) is 5.25. The first-order valence-electron chi connectivity index (χ1n) is 3.72. The largest absolute Gasteiger partial charge is 0.481 e. The average molecular weight is 159 g/mol. The van der Waals surface area contributed by atoms with Gasteiger partial charge in [0.1, 0.15) is 0 Å². The molecule has 64 valence electrons. The molecule has 0 saturated carbocycles. The summed E-state index contributed by atoms with van der Waals surface area (Å²) in [5, 5.41) is 11.8. The predicted octanol–water partition coefficient (Wildman–Crippen LogP) is -0.305. The Morgan fingerprint density at radius 3 is 2.91 bits per heavy atom. The molecule has 1 saturated heterocycles. The van der Waals surface area contributed by atoms with Gasteiger partial charge in [-0.15, -0.1) is 0 Å². The number of carboxylic acids is 1. The summed E-state index contributed by atoms with van der Waals surface area (Å²) in [5.74, 6) is -1.08. The van der Waals surface area contributed by atoms with Crippen molar-refractivity contribution in [2.75, 3.05) is 20.2 Å². The van der Waals surface area contributed by atoms with Gasteiger partial charge in [0.15, 0.2) is 0 Å². The highest BCUT2D eigenvalue weighted by atomic mass is 16.5. The standard InChI is InChI=1S/C7H13NO3/c1-11-6-4-8-3-2-5(6)7(9)10/h5-6,8H,2-4H2,1H3,(H,9,10)/t5-,6+/m0/s1. The number of carbonyl (C=O) groups is 1. The van der Waals surface area contributed by atoms with E-state index in [4.69, 9.17) is 9.84 Å². The Hall–Kier alpha value is -0.610. The summed E-state index contributed by atoms with van der Waals surface area (Å²) in [6.45, 7) is 1.42. The number of piperidine rings is 1. The molecule has 0 radical (unpaired) electrons. The second-order valence-electron chi connectivity index (χ2n) is 2.71. The van der Waals surface area contributed by atoms with Crippen LogP contribution in [0.25, 0.3) is 0 Å². The van der Waals surface area contributed by atoms with Gasteiger partial charge in [0.2, 0.25) is 0 Å². The Bertz CT molecular complexity index is 149. The highest BCUT2D eigenvalue weighted by Crippen LogP contribution is 2.14. The van der Waals surface area contributed by atoms with Crippen LogP contribution < -0.4 is 5.32 Å². The third-order valence-corrected chi connectivity index (χ3v) is 2.05. The van der Waals surface area contributed by atoms with Crippen molar-refractivity contribution in [3.05, 3.63) is 0 Å². The molecule has 11 heavy (non-hydrogen) atoms. The molecule has 2 N–H and O–H groups in total. The van der Waals surface area contributed by atoms with E-state index in [-0.39, 0.29) is 12.0 Å². The van der Waals surface area contributed by atoms with E-state index in [1.807, 2.05) is 0 Å². The fourth-order valence-electron chi connectivity index (χ4n) is 1.36. The predicted molar refractivity (Wildman–Crippen MR) is 39.4 cm³/mol. The van der Waals surface area contributed by atoms with E-state index in [1.165, 1.54) is 0 Å². The average Bonchev–Trinajstić information content (AvgIpc) is 2.04. The molecule has 1 aliphatic rings. The highest BCUT2D eigenvalue weighted by molar-refractivity contribution is 5.70. The number of carboxylic acid groups (broad SMARTS) is 1. The van der Waals surface area contributed by atoms with Crippen molar-refractivity contribution in [3.8, 4) is 0 Å². The molecule has 0 unspecified atom stereocenters. The maximum absolute atomic E-state index is 10.6. The SMILES string of the molecule is CO[C@@H]1CNCC[C@@H]1C(=O)O. The maximum Gasteiger partial charge on any atom is 0.309 e. The molecule has 0 spiro atoms. The summed E-state index contributed by atoms with van der Waals surface area (Å²) in [6.07, 6.45) is 0.495. The Kier molecular flexibility index (Phi) is 2.84. The molecule has 1 aliphatic heterocycles. The molecule has 1 rings (SSSR count). The molecule has 0 aliphatic carbocycles. The highest BCUT2D eigenvalue weighted by Gasteiger charge is 2.30. The zero-order valence-corrected chi connectivity index (χ0v) is 6.54. The molecule has 1 heterocycles. The van der Waals surface area contributed by atoms with Gasteiger partial charge in [0.25, 0.3) is 0 Å². The van der Waals surface area contributed by atoms with Crippen molar-refractivity contribution in [1.82, 2.24) is 5.32 Å². The lowest BCUT2D eigenvalue weighted by Crippen LogP contribution is -2.44. The molecule has 4 heteroatoms. The Labute approximate surface area is 65.5 Å². The fourth-order valence-corrected chi connectivity index (χ4v) is 1.36. The summed E-state index contributed by atoms with van der Waals surface area (Å²) in [4.78, 5) is 10.6. The van der Waals surface area contributed by atoms with Crippen LogP contribution in [0.2, 0.25) is 0 Å². The number of ether oxygens (including phenoxy) is 1.